The number of benzene rings is 1. The standard InChI is InChI=1S/C12H16O4S/c1-7-2-4-8(5-3-7)17-12-11(15)10(14)9(6-13)16-12/h2-5,9-15H,6H2,1H3/t9-,10?,11?,12+/m1/s1. The molecule has 0 spiro atoms. The van der Waals surface area contributed by atoms with Crippen LogP contribution in [0.5, 0.6) is 0 Å². The van der Waals surface area contributed by atoms with Gasteiger partial charge >= 0.3 is 0 Å². The summed E-state index contributed by atoms with van der Waals surface area (Å²) in [6.45, 7) is 1.71. The molecule has 0 bridgehead atoms. The summed E-state index contributed by atoms with van der Waals surface area (Å²) in [5, 5.41) is 28.3. The fraction of sp³-hybridized carbons (Fsp3) is 0.500. The predicted octanol–water partition coefficient (Wildman–Crippen LogP) is 0.526. The Morgan fingerprint density at radius 2 is 1.82 bits per heavy atom. The molecule has 0 saturated carbocycles. The van der Waals surface area contributed by atoms with Crippen LogP contribution in [-0.4, -0.2) is 45.7 Å². The topological polar surface area (TPSA) is 69.9 Å². The van der Waals surface area contributed by atoms with Crippen molar-refractivity contribution in [3.05, 3.63) is 29.8 Å². The van der Waals surface area contributed by atoms with Crippen molar-refractivity contribution in [2.24, 2.45) is 0 Å². The summed E-state index contributed by atoms with van der Waals surface area (Å²) in [6, 6.07) is 7.83. The third kappa shape index (κ3) is 2.81. The highest BCUT2D eigenvalue weighted by Crippen LogP contribution is 2.34. The maximum atomic E-state index is 9.77. The number of ether oxygens (including phenoxy) is 1. The van der Waals surface area contributed by atoms with Gasteiger partial charge in [-0.15, -0.1) is 0 Å². The number of aliphatic hydroxyl groups excluding tert-OH is 3. The number of hydrogen-bond donors (Lipinski definition) is 3. The van der Waals surface area contributed by atoms with Gasteiger partial charge in [-0.05, 0) is 19.1 Å². The molecule has 0 aliphatic carbocycles. The van der Waals surface area contributed by atoms with Crippen molar-refractivity contribution in [1.29, 1.82) is 0 Å². The van der Waals surface area contributed by atoms with Crippen molar-refractivity contribution in [2.75, 3.05) is 6.61 Å². The van der Waals surface area contributed by atoms with Gasteiger partial charge in [0.25, 0.3) is 0 Å². The first-order valence-electron chi connectivity index (χ1n) is 5.47. The van der Waals surface area contributed by atoms with Gasteiger partial charge in [0.1, 0.15) is 23.7 Å². The Bertz CT molecular complexity index is 367. The highest BCUT2D eigenvalue weighted by Gasteiger charge is 2.42. The van der Waals surface area contributed by atoms with E-state index < -0.39 is 23.7 Å². The molecule has 1 saturated heterocycles. The summed E-state index contributed by atoms with van der Waals surface area (Å²) in [6.07, 6.45) is -2.70. The second kappa shape index (κ2) is 5.37. The third-order valence-electron chi connectivity index (χ3n) is 2.77. The zero-order valence-corrected chi connectivity index (χ0v) is 10.3. The predicted molar refractivity (Wildman–Crippen MR) is 64.8 cm³/mol. The Kier molecular flexibility index (Phi) is 4.06. The molecule has 4 atom stereocenters. The number of aryl methyl sites for hydroxylation is 1. The average molecular weight is 256 g/mol. The van der Waals surface area contributed by atoms with Crippen molar-refractivity contribution in [3.63, 3.8) is 0 Å². The molecule has 0 radical (unpaired) electrons. The molecule has 5 heteroatoms. The first kappa shape index (κ1) is 12.9. The van der Waals surface area contributed by atoms with E-state index in [1.165, 1.54) is 11.8 Å². The molecule has 0 amide bonds. The monoisotopic (exact) mass is 256 g/mol. The minimum Gasteiger partial charge on any atom is -0.394 e. The van der Waals surface area contributed by atoms with Crippen LogP contribution in [0.4, 0.5) is 0 Å². The van der Waals surface area contributed by atoms with Gasteiger partial charge in [0, 0.05) is 4.90 Å². The maximum Gasteiger partial charge on any atom is 0.136 e. The van der Waals surface area contributed by atoms with Gasteiger partial charge < -0.3 is 20.1 Å². The molecular formula is C12H16O4S. The Balaban J connectivity index is 2.02. The van der Waals surface area contributed by atoms with Gasteiger partial charge in [-0.1, -0.05) is 29.5 Å². The number of aliphatic hydroxyl groups is 3. The highest BCUT2D eigenvalue weighted by molar-refractivity contribution is 7.99. The molecule has 2 rings (SSSR count). The minimum absolute atomic E-state index is 0.289. The third-order valence-corrected chi connectivity index (χ3v) is 3.94. The zero-order valence-electron chi connectivity index (χ0n) is 9.48. The fourth-order valence-corrected chi connectivity index (χ4v) is 2.77. The van der Waals surface area contributed by atoms with E-state index in [2.05, 4.69) is 0 Å². The molecule has 1 aromatic rings. The molecule has 0 aromatic heterocycles. The Morgan fingerprint density at radius 3 is 2.35 bits per heavy atom. The van der Waals surface area contributed by atoms with Gasteiger partial charge in [-0.25, -0.2) is 0 Å². The van der Waals surface area contributed by atoms with Crippen molar-refractivity contribution < 1.29 is 20.1 Å². The van der Waals surface area contributed by atoms with Gasteiger partial charge in [-0.2, -0.15) is 0 Å². The largest absolute Gasteiger partial charge is 0.394 e. The van der Waals surface area contributed by atoms with Crippen LogP contribution in [0.2, 0.25) is 0 Å². The molecule has 1 aliphatic rings. The summed E-state index contributed by atoms with van der Waals surface area (Å²) in [7, 11) is 0. The molecule has 1 fully saturated rings. The molecule has 17 heavy (non-hydrogen) atoms. The van der Waals surface area contributed by atoms with Crippen LogP contribution in [0.25, 0.3) is 0 Å². The average Bonchev–Trinajstić information content (AvgIpc) is 2.60. The molecule has 1 aliphatic heterocycles. The quantitative estimate of drug-likeness (QED) is 0.736. The lowest BCUT2D eigenvalue weighted by Crippen LogP contribution is -2.33. The lowest BCUT2D eigenvalue weighted by atomic mass is 10.2. The van der Waals surface area contributed by atoms with Crippen LogP contribution in [0, 0.1) is 6.92 Å². The molecule has 1 aromatic carbocycles. The molecule has 2 unspecified atom stereocenters. The van der Waals surface area contributed by atoms with Gasteiger partial charge in [-0.3, -0.25) is 0 Å². The molecule has 4 nitrogen and oxygen atoms in total. The van der Waals surface area contributed by atoms with Crippen molar-refractivity contribution in [1.82, 2.24) is 0 Å². The SMILES string of the molecule is Cc1ccc(S[C@@H]2O[C@H](CO)C(O)C2O)cc1. The minimum atomic E-state index is -1.03. The van der Waals surface area contributed by atoms with Crippen LogP contribution in [0.1, 0.15) is 5.56 Å². The smallest absolute Gasteiger partial charge is 0.136 e. The van der Waals surface area contributed by atoms with E-state index in [0.29, 0.717) is 0 Å². The second-order valence-electron chi connectivity index (χ2n) is 4.14. The van der Waals surface area contributed by atoms with E-state index in [1.807, 2.05) is 31.2 Å². The lowest BCUT2D eigenvalue weighted by molar-refractivity contribution is -0.00808. The first-order chi connectivity index (χ1) is 8.11. The van der Waals surface area contributed by atoms with E-state index in [9.17, 15) is 10.2 Å². The van der Waals surface area contributed by atoms with Crippen LogP contribution in [0.15, 0.2) is 29.2 Å². The summed E-state index contributed by atoms with van der Waals surface area (Å²) in [5.74, 6) is 0. The molecular weight excluding hydrogens is 240 g/mol. The Morgan fingerprint density at radius 1 is 1.18 bits per heavy atom. The van der Waals surface area contributed by atoms with E-state index in [-0.39, 0.29) is 6.61 Å². The van der Waals surface area contributed by atoms with E-state index >= 15 is 0 Å². The second-order valence-corrected chi connectivity index (χ2v) is 5.31. The molecule has 3 N–H and O–H groups in total. The van der Waals surface area contributed by atoms with E-state index in [0.717, 1.165) is 10.5 Å². The van der Waals surface area contributed by atoms with Gasteiger partial charge in [0.15, 0.2) is 0 Å². The number of thioether (sulfide) groups is 1. The van der Waals surface area contributed by atoms with Crippen molar-refractivity contribution in [3.8, 4) is 0 Å². The van der Waals surface area contributed by atoms with E-state index in [1.54, 1.807) is 0 Å². The lowest BCUT2D eigenvalue weighted by Gasteiger charge is -2.13. The number of rotatable bonds is 3. The molecule has 94 valence electrons. The Hall–Kier alpha value is -0.590. The van der Waals surface area contributed by atoms with E-state index in [4.69, 9.17) is 9.84 Å². The summed E-state index contributed by atoms with van der Waals surface area (Å²) < 4.78 is 5.38. The van der Waals surface area contributed by atoms with Gasteiger partial charge in [0.2, 0.25) is 0 Å². The van der Waals surface area contributed by atoms with Gasteiger partial charge in [0.05, 0.1) is 6.61 Å². The van der Waals surface area contributed by atoms with Crippen LogP contribution >= 0.6 is 11.8 Å². The fourth-order valence-electron chi connectivity index (χ4n) is 1.71. The van der Waals surface area contributed by atoms with Crippen molar-refractivity contribution in [2.45, 2.75) is 35.6 Å². The number of hydrogen-bond acceptors (Lipinski definition) is 5. The van der Waals surface area contributed by atoms with Crippen molar-refractivity contribution >= 4 is 11.8 Å². The maximum absolute atomic E-state index is 9.77. The summed E-state index contributed by atoms with van der Waals surface area (Å²) >= 11 is 1.35. The Labute approximate surface area is 104 Å². The van der Waals surface area contributed by atoms with Crippen LogP contribution in [0.3, 0.4) is 0 Å². The zero-order chi connectivity index (χ0) is 12.4. The summed E-state index contributed by atoms with van der Waals surface area (Å²) in [4.78, 5) is 0.963. The van der Waals surface area contributed by atoms with Crippen LogP contribution in [-0.2, 0) is 4.74 Å². The summed E-state index contributed by atoms with van der Waals surface area (Å²) in [5.41, 5.74) is 0.625. The normalized spacial score (nSPS) is 32.9. The highest BCUT2D eigenvalue weighted by atomic mass is 32.2. The molecule has 1 heterocycles. The first-order valence-corrected chi connectivity index (χ1v) is 6.35. The van der Waals surface area contributed by atoms with Crippen LogP contribution < -0.4 is 0 Å².